The third-order valence-corrected chi connectivity index (χ3v) is 4.50. The number of piperazine rings is 1. The van der Waals surface area contributed by atoms with Gasteiger partial charge in [-0.25, -0.2) is 8.78 Å². The summed E-state index contributed by atoms with van der Waals surface area (Å²) in [6.45, 7) is 4.73. The minimum atomic E-state index is -0.341. The molecule has 0 atom stereocenters. The lowest BCUT2D eigenvalue weighted by atomic mass is 10.2. The second-order valence-electron chi connectivity index (χ2n) is 6.40. The van der Waals surface area contributed by atoms with Crippen molar-refractivity contribution in [3.63, 3.8) is 0 Å². The Morgan fingerprint density at radius 2 is 1.52 bits per heavy atom. The topological polar surface area (TPSA) is 44.8 Å². The van der Waals surface area contributed by atoms with Gasteiger partial charge < -0.3 is 15.0 Å². The summed E-state index contributed by atoms with van der Waals surface area (Å²) in [5.41, 5.74) is 1.03. The van der Waals surface area contributed by atoms with Gasteiger partial charge in [-0.2, -0.15) is 0 Å². The highest BCUT2D eigenvalue weighted by Crippen LogP contribution is 2.16. The van der Waals surface area contributed by atoms with E-state index in [0.29, 0.717) is 12.3 Å². The first kappa shape index (κ1) is 19.1. The summed E-state index contributed by atoms with van der Waals surface area (Å²) in [5, 5.41) is 2.83. The number of carbonyl (C=O) groups is 1. The molecule has 1 N–H and O–H groups in total. The van der Waals surface area contributed by atoms with Gasteiger partial charge in [0.15, 0.2) is 6.61 Å². The number of nitrogens with one attached hydrogen (secondary N) is 1. The van der Waals surface area contributed by atoms with Crippen LogP contribution >= 0.6 is 0 Å². The van der Waals surface area contributed by atoms with E-state index in [9.17, 15) is 13.6 Å². The van der Waals surface area contributed by atoms with Crippen LogP contribution in [0.2, 0.25) is 0 Å². The first-order valence-electron chi connectivity index (χ1n) is 8.98. The van der Waals surface area contributed by atoms with Crippen LogP contribution in [0.25, 0.3) is 0 Å². The predicted octanol–water partition coefficient (Wildman–Crippen LogP) is 2.28. The number of hydrogen-bond acceptors (Lipinski definition) is 4. The summed E-state index contributed by atoms with van der Waals surface area (Å²) in [5.74, 6) is -0.310. The number of benzene rings is 2. The van der Waals surface area contributed by atoms with Gasteiger partial charge in [-0.15, -0.1) is 0 Å². The molecular formula is C20H23F2N3O2. The van der Waals surface area contributed by atoms with E-state index in [1.54, 1.807) is 12.1 Å². The number of halogens is 2. The quantitative estimate of drug-likeness (QED) is 0.807. The zero-order valence-corrected chi connectivity index (χ0v) is 15.0. The molecule has 1 aliphatic rings. The Balaban J connectivity index is 1.31. The van der Waals surface area contributed by atoms with Gasteiger partial charge in [0.1, 0.15) is 17.4 Å². The van der Waals surface area contributed by atoms with Crippen LogP contribution in [0.5, 0.6) is 5.75 Å². The molecule has 0 spiro atoms. The van der Waals surface area contributed by atoms with Crippen molar-refractivity contribution in [2.75, 3.05) is 50.8 Å². The van der Waals surface area contributed by atoms with Gasteiger partial charge >= 0.3 is 0 Å². The van der Waals surface area contributed by atoms with Gasteiger partial charge in [-0.3, -0.25) is 9.69 Å². The van der Waals surface area contributed by atoms with Crippen LogP contribution in [-0.2, 0) is 4.79 Å². The molecule has 5 nitrogen and oxygen atoms in total. The van der Waals surface area contributed by atoms with Crippen LogP contribution in [0, 0.1) is 11.6 Å². The second kappa shape index (κ2) is 9.32. The molecule has 144 valence electrons. The Bertz CT molecular complexity index is 730. The fourth-order valence-corrected chi connectivity index (χ4v) is 2.97. The van der Waals surface area contributed by atoms with Gasteiger partial charge in [-0.05, 0) is 48.5 Å². The second-order valence-corrected chi connectivity index (χ2v) is 6.40. The molecule has 1 fully saturated rings. The standard InChI is InChI=1S/C20H23F2N3O2/c21-16-1-5-18(6-2-16)25-13-11-24(12-14-25)10-9-23-20(26)15-27-19-7-3-17(22)4-8-19/h1-8H,9-15H2,(H,23,26). The van der Waals surface area contributed by atoms with Crippen molar-refractivity contribution in [3.05, 3.63) is 60.2 Å². The third-order valence-electron chi connectivity index (χ3n) is 4.50. The van der Waals surface area contributed by atoms with E-state index in [1.807, 2.05) is 0 Å². The van der Waals surface area contributed by atoms with Crippen LogP contribution < -0.4 is 15.0 Å². The minimum Gasteiger partial charge on any atom is -0.484 e. The molecule has 0 aliphatic carbocycles. The molecule has 2 aromatic rings. The number of rotatable bonds is 7. The number of ether oxygens (including phenoxy) is 1. The van der Waals surface area contributed by atoms with E-state index < -0.39 is 0 Å². The Hall–Kier alpha value is -2.67. The van der Waals surface area contributed by atoms with Gasteiger partial charge in [0.25, 0.3) is 5.91 Å². The van der Waals surface area contributed by atoms with Crippen LogP contribution in [0.3, 0.4) is 0 Å². The predicted molar refractivity (Wildman–Crippen MR) is 100.0 cm³/mol. The molecule has 27 heavy (non-hydrogen) atoms. The Kier molecular flexibility index (Phi) is 6.59. The van der Waals surface area contributed by atoms with Crippen molar-refractivity contribution in [3.8, 4) is 5.75 Å². The lowest BCUT2D eigenvalue weighted by Crippen LogP contribution is -2.48. The monoisotopic (exact) mass is 375 g/mol. The minimum absolute atomic E-state index is 0.0933. The molecule has 0 bridgehead atoms. The zero-order valence-electron chi connectivity index (χ0n) is 15.0. The van der Waals surface area contributed by atoms with Crippen molar-refractivity contribution in [2.24, 2.45) is 0 Å². The Morgan fingerprint density at radius 3 is 2.15 bits per heavy atom. The summed E-state index contributed by atoms with van der Waals surface area (Å²) in [6, 6.07) is 12.1. The van der Waals surface area contributed by atoms with Crippen molar-refractivity contribution in [2.45, 2.75) is 0 Å². The molecule has 3 rings (SSSR count). The molecule has 0 saturated carbocycles. The maximum atomic E-state index is 13.0. The van der Waals surface area contributed by atoms with Crippen LogP contribution in [0.15, 0.2) is 48.5 Å². The molecule has 1 amide bonds. The van der Waals surface area contributed by atoms with Gasteiger partial charge in [0.2, 0.25) is 0 Å². The summed E-state index contributed by atoms with van der Waals surface area (Å²) < 4.78 is 31.1. The molecular weight excluding hydrogens is 352 g/mol. The molecule has 7 heteroatoms. The van der Waals surface area contributed by atoms with Crippen LogP contribution in [0.1, 0.15) is 0 Å². The molecule has 1 saturated heterocycles. The molecule has 1 aliphatic heterocycles. The number of hydrogen-bond donors (Lipinski definition) is 1. The van der Waals surface area contributed by atoms with Crippen molar-refractivity contribution >= 4 is 11.6 Å². The largest absolute Gasteiger partial charge is 0.484 e. The van der Waals surface area contributed by atoms with E-state index >= 15 is 0 Å². The maximum Gasteiger partial charge on any atom is 0.257 e. The number of anilines is 1. The van der Waals surface area contributed by atoms with Crippen molar-refractivity contribution in [1.82, 2.24) is 10.2 Å². The van der Waals surface area contributed by atoms with Crippen LogP contribution in [0.4, 0.5) is 14.5 Å². The fourth-order valence-electron chi connectivity index (χ4n) is 2.97. The summed E-state index contributed by atoms with van der Waals surface area (Å²) in [4.78, 5) is 16.3. The molecule has 0 aromatic heterocycles. The lowest BCUT2D eigenvalue weighted by molar-refractivity contribution is -0.123. The average Bonchev–Trinajstić information content (AvgIpc) is 2.69. The Morgan fingerprint density at radius 1 is 0.926 bits per heavy atom. The van der Waals surface area contributed by atoms with Gasteiger partial charge in [0.05, 0.1) is 0 Å². The van der Waals surface area contributed by atoms with Crippen molar-refractivity contribution in [1.29, 1.82) is 0 Å². The van der Waals surface area contributed by atoms with Crippen LogP contribution in [-0.4, -0.2) is 56.7 Å². The number of amides is 1. The van der Waals surface area contributed by atoms with E-state index in [1.165, 1.54) is 36.4 Å². The third kappa shape index (κ3) is 5.92. The summed E-state index contributed by atoms with van der Waals surface area (Å²) >= 11 is 0. The number of nitrogens with zero attached hydrogens (tertiary/aromatic N) is 2. The Labute approximate surface area is 157 Å². The molecule has 1 heterocycles. The van der Waals surface area contributed by atoms with E-state index in [0.717, 1.165) is 38.4 Å². The summed E-state index contributed by atoms with van der Waals surface area (Å²) in [6.07, 6.45) is 0. The van der Waals surface area contributed by atoms with Gasteiger partial charge in [0, 0.05) is 45.0 Å². The van der Waals surface area contributed by atoms with Crippen molar-refractivity contribution < 1.29 is 18.3 Å². The SMILES string of the molecule is O=C(COc1ccc(F)cc1)NCCN1CCN(c2ccc(F)cc2)CC1. The van der Waals surface area contributed by atoms with E-state index in [4.69, 9.17) is 4.74 Å². The zero-order chi connectivity index (χ0) is 19.1. The first-order chi connectivity index (χ1) is 13.1. The first-order valence-corrected chi connectivity index (χ1v) is 8.98. The normalized spacial score (nSPS) is 14.8. The van der Waals surface area contributed by atoms with Gasteiger partial charge in [-0.1, -0.05) is 0 Å². The maximum absolute atomic E-state index is 13.0. The molecule has 0 radical (unpaired) electrons. The highest BCUT2D eigenvalue weighted by atomic mass is 19.1. The highest BCUT2D eigenvalue weighted by Gasteiger charge is 2.17. The molecule has 0 unspecified atom stereocenters. The smallest absolute Gasteiger partial charge is 0.257 e. The highest BCUT2D eigenvalue weighted by molar-refractivity contribution is 5.77. The lowest BCUT2D eigenvalue weighted by Gasteiger charge is -2.36. The molecule has 2 aromatic carbocycles. The van der Waals surface area contributed by atoms with E-state index in [-0.39, 0.29) is 24.1 Å². The number of carbonyl (C=O) groups excluding carboxylic acids is 1. The average molecular weight is 375 g/mol. The van der Waals surface area contributed by atoms with E-state index in [2.05, 4.69) is 15.1 Å². The summed E-state index contributed by atoms with van der Waals surface area (Å²) in [7, 11) is 0. The fraction of sp³-hybridized carbons (Fsp3) is 0.350.